The third-order valence-corrected chi connectivity index (χ3v) is 6.14. The molecule has 4 aromatic rings. The molecule has 1 fully saturated rings. The van der Waals surface area contributed by atoms with Crippen molar-refractivity contribution in [3.8, 4) is 11.3 Å². The van der Waals surface area contributed by atoms with Gasteiger partial charge >= 0.3 is 0 Å². The van der Waals surface area contributed by atoms with Crippen molar-refractivity contribution in [1.29, 1.82) is 0 Å². The molecule has 12 heteroatoms. The Labute approximate surface area is 201 Å². The van der Waals surface area contributed by atoms with Crippen LogP contribution in [0.2, 0.25) is 0 Å². The molecule has 2 atom stereocenters. The Morgan fingerprint density at radius 1 is 1.26 bits per heavy atom. The number of anilines is 1. The van der Waals surface area contributed by atoms with E-state index in [0.29, 0.717) is 30.4 Å². The molecule has 11 nitrogen and oxygen atoms in total. The summed E-state index contributed by atoms with van der Waals surface area (Å²) in [5, 5.41) is 15.1. The van der Waals surface area contributed by atoms with Gasteiger partial charge in [-0.05, 0) is 12.5 Å². The number of carbonyl (C=O) groups excluding carboxylic acids is 1. The van der Waals surface area contributed by atoms with E-state index < -0.39 is 12.1 Å². The van der Waals surface area contributed by atoms with Crippen LogP contribution in [0, 0.1) is 5.92 Å². The zero-order valence-corrected chi connectivity index (χ0v) is 20.1. The van der Waals surface area contributed by atoms with Crippen molar-refractivity contribution in [2.75, 3.05) is 24.5 Å². The number of amides is 1. The van der Waals surface area contributed by atoms with E-state index in [9.17, 15) is 4.79 Å². The smallest absolute Gasteiger partial charge is 0.292 e. The molecule has 1 aliphatic heterocycles. The van der Waals surface area contributed by atoms with E-state index in [-0.39, 0.29) is 30.2 Å². The second-order valence-electron chi connectivity index (χ2n) is 9.91. The van der Waals surface area contributed by atoms with E-state index in [2.05, 4.69) is 25.7 Å². The van der Waals surface area contributed by atoms with Crippen LogP contribution >= 0.6 is 0 Å². The number of halogens is 1. The number of rotatable bonds is 5. The Morgan fingerprint density at radius 3 is 2.77 bits per heavy atom. The van der Waals surface area contributed by atoms with E-state index in [1.165, 1.54) is 0 Å². The van der Waals surface area contributed by atoms with Gasteiger partial charge in [0.25, 0.3) is 11.7 Å². The minimum absolute atomic E-state index is 0.0395. The van der Waals surface area contributed by atoms with Gasteiger partial charge in [0.05, 0.1) is 30.8 Å². The molecule has 0 radical (unpaired) electrons. The van der Waals surface area contributed by atoms with Crippen LogP contribution in [0.3, 0.4) is 0 Å². The zero-order chi connectivity index (χ0) is 24.7. The standard InChI is InChI=1S/C23H28FN9O2/c1-23(2,3)22-29-19(30-35-22)21(34)25-9-14-6-8-32(12-16(14)24)20-18-5-7-26-33(18)13-17(28-20)15-10-27-31(4)11-15/h5,7,10-11,13-14,16H,6,8-9,12H2,1-4H3,(H,25,34)/t14-,16-/m0/s1. The minimum Gasteiger partial charge on any atom is -0.352 e. The number of aryl methyl sites for hydroxylation is 1. The second kappa shape index (κ2) is 8.75. The second-order valence-corrected chi connectivity index (χ2v) is 9.91. The molecule has 1 aliphatic rings. The lowest BCUT2D eigenvalue weighted by molar-refractivity contribution is 0.0918. The maximum atomic E-state index is 15.2. The highest BCUT2D eigenvalue weighted by atomic mass is 19.1. The Kier molecular flexibility index (Phi) is 5.73. The summed E-state index contributed by atoms with van der Waals surface area (Å²) in [6.07, 6.45) is 6.57. The van der Waals surface area contributed by atoms with Gasteiger partial charge in [0.15, 0.2) is 5.82 Å². The highest BCUT2D eigenvalue weighted by Crippen LogP contribution is 2.29. The molecule has 4 aromatic heterocycles. The molecule has 0 bridgehead atoms. The van der Waals surface area contributed by atoms with Crippen molar-refractivity contribution in [2.24, 2.45) is 13.0 Å². The van der Waals surface area contributed by atoms with Gasteiger partial charge in [-0.25, -0.2) is 13.9 Å². The number of aromatic nitrogens is 7. The van der Waals surface area contributed by atoms with Crippen LogP contribution in [0.4, 0.5) is 10.2 Å². The van der Waals surface area contributed by atoms with E-state index in [0.717, 1.165) is 11.1 Å². The van der Waals surface area contributed by atoms with Gasteiger partial charge in [-0.2, -0.15) is 15.2 Å². The SMILES string of the molecule is Cn1cc(-c2cn3nccc3c(N3CC[C@@H](CNC(=O)c4noc(C(C)(C)C)n4)[C@@H](F)C3)n2)cn1. The number of nitrogens with zero attached hydrogens (tertiary/aromatic N) is 8. The van der Waals surface area contributed by atoms with E-state index in [4.69, 9.17) is 9.51 Å². The monoisotopic (exact) mass is 481 g/mol. The van der Waals surface area contributed by atoms with Crippen molar-refractivity contribution >= 4 is 17.2 Å². The molecule has 0 spiro atoms. The Balaban J connectivity index is 1.27. The van der Waals surface area contributed by atoms with Crippen LogP contribution in [0.1, 0.15) is 43.7 Å². The summed E-state index contributed by atoms with van der Waals surface area (Å²) in [5.41, 5.74) is 2.02. The summed E-state index contributed by atoms with van der Waals surface area (Å²) >= 11 is 0. The largest absolute Gasteiger partial charge is 0.352 e. The van der Waals surface area contributed by atoms with E-state index in [1.54, 1.807) is 21.6 Å². The Morgan fingerprint density at radius 2 is 2.09 bits per heavy atom. The average molecular weight is 482 g/mol. The fraction of sp³-hybridized carbons (Fsp3) is 0.478. The maximum absolute atomic E-state index is 15.2. The van der Waals surface area contributed by atoms with Crippen molar-refractivity contribution in [1.82, 2.24) is 39.8 Å². The first kappa shape index (κ1) is 22.9. The van der Waals surface area contributed by atoms with Crippen molar-refractivity contribution < 1.29 is 13.7 Å². The molecule has 5 rings (SSSR count). The van der Waals surface area contributed by atoms with Gasteiger partial charge in [0.2, 0.25) is 5.89 Å². The predicted octanol–water partition coefficient (Wildman–Crippen LogP) is 2.40. The quantitative estimate of drug-likeness (QED) is 0.462. The number of nitrogens with one attached hydrogen (secondary N) is 1. The van der Waals surface area contributed by atoms with Crippen molar-refractivity contribution in [3.63, 3.8) is 0 Å². The fourth-order valence-electron chi connectivity index (χ4n) is 4.13. The third kappa shape index (κ3) is 4.60. The van der Waals surface area contributed by atoms with E-state index in [1.807, 2.05) is 51.2 Å². The molecular weight excluding hydrogens is 453 g/mol. The van der Waals surface area contributed by atoms with Gasteiger partial charge < -0.3 is 14.7 Å². The highest BCUT2D eigenvalue weighted by molar-refractivity contribution is 5.90. The van der Waals surface area contributed by atoms with Crippen LogP contribution in [0.5, 0.6) is 0 Å². The molecular formula is C23H28FN9O2. The molecule has 0 unspecified atom stereocenters. The molecule has 1 N–H and O–H groups in total. The minimum atomic E-state index is -1.15. The van der Waals surface area contributed by atoms with E-state index >= 15 is 4.39 Å². The zero-order valence-electron chi connectivity index (χ0n) is 20.1. The predicted molar refractivity (Wildman–Crippen MR) is 126 cm³/mol. The van der Waals surface area contributed by atoms with Crippen LogP contribution in [0.25, 0.3) is 16.8 Å². The Hall–Kier alpha value is -3.83. The fourth-order valence-corrected chi connectivity index (χ4v) is 4.13. The molecule has 1 amide bonds. The number of alkyl halides is 1. The molecule has 35 heavy (non-hydrogen) atoms. The number of hydrogen-bond donors (Lipinski definition) is 1. The van der Waals surface area contributed by atoms with Gasteiger partial charge in [0, 0.05) is 43.2 Å². The summed E-state index contributed by atoms with van der Waals surface area (Å²) in [6, 6.07) is 1.87. The molecule has 184 valence electrons. The first-order valence-electron chi connectivity index (χ1n) is 11.5. The summed E-state index contributed by atoms with van der Waals surface area (Å²) in [5.74, 6) is 0.224. The maximum Gasteiger partial charge on any atom is 0.292 e. The summed E-state index contributed by atoms with van der Waals surface area (Å²) in [7, 11) is 1.84. The molecule has 0 saturated carbocycles. The number of fused-ring (bicyclic) bond motifs is 1. The van der Waals surface area contributed by atoms with Gasteiger partial charge in [-0.15, -0.1) is 0 Å². The third-order valence-electron chi connectivity index (χ3n) is 6.14. The van der Waals surface area contributed by atoms with Crippen LogP contribution in [0.15, 0.2) is 35.4 Å². The van der Waals surface area contributed by atoms with Gasteiger partial charge in [-0.3, -0.25) is 9.48 Å². The highest BCUT2D eigenvalue weighted by Gasteiger charge is 2.32. The van der Waals surface area contributed by atoms with Crippen LogP contribution in [-0.2, 0) is 12.5 Å². The van der Waals surface area contributed by atoms with Gasteiger partial charge in [0.1, 0.15) is 11.7 Å². The normalized spacial score (nSPS) is 18.8. The summed E-state index contributed by atoms with van der Waals surface area (Å²) in [6.45, 7) is 6.72. The molecule has 1 saturated heterocycles. The average Bonchev–Trinajstić information content (AvgIpc) is 3.57. The first-order valence-corrected chi connectivity index (χ1v) is 11.5. The number of carbonyl (C=O) groups is 1. The topological polar surface area (TPSA) is 119 Å². The lowest BCUT2D eigenvalue weighted by atomic mass is 9.94. The Bertz CT molecular complexity index is 1350. The lowest BCUT2D eigenvalue weighted by Crippen LogP contribution is -2.46. The van der Waals surface area contributed by atoms with Crippen LogP contribution in [-0.4, -0.2) is 66.2 Å². The molecule has 0 aromatic carbocycles. The summed E-state index contributed by atoms with van der Waals surface area (Å²) < 4.78 is 23.9. The van der Waals surface area contributed by atoms with Crippen LogP contribution < -0.4 is 10.2 Å². The van der Waals surface area contributed by atoms with Gasteiger partial charge in [-0.1, -0.05) is 25.9 Å². The number of piperidine rings is 1. The number of hydrogen-bond acceptors (Lipinski definition) is 8. The molecule has 5 heterocycles. The molecule has 0 aliphatic carbocycles. The van der Waals surface area contributed by atoms with Crippen molar-refractivity contribution in [3.05, 3.63) is 42.6 Å². The van der Waals surface area contributed by atoms with Crippen molar-refractivity contribution in [2.45, 2.75) is 38.8 Å². The summed E-state index contributed by atoms with van der Waals surface area (Å²) in [4.78, 5) is 23.4. The first-order chi connectivity index (χ1) is 16.7. The lowest BCUT2D eigenvalue weighted by Gasteiger charge is -2.35.